The van der Waals surface area contributed by atoms with Gasteiger partial charge in [-0.25, -0.2) is 0 Å². The Hall–Kier alpha value is -3.60. The second-order valence-corrected chi connectivity index (χ2v) is 7.61. The Morgan fingerprint density at radius 2 is 1.82 bits per heavy atom. The van der Waals surface area contributed by atoms with E-state index in [2.05, 4.69) is 30.7 Å². The summed E-state index contributed by atoms with van der Waals surface area (Å²) in [7, 11) is 0. The van der Waals surface area contributed by atoms with E-state index in [0.717, 1.165) is 28.7 Å². The van der Waals surface area contributed by atoms with E-state index in [4.69, 9.17) is 0 Å². The second kappa shape index (κ2) is 10.3. The quantitative estimate of drug-likeness (QED) is 0.243. The lowest BCUT2D eigenvalue weighted by Crippen LogP contribution is -2.39. The van der Waals surface area contributed by atoms with Gasteiger partial charge in [0, 0.05) is 24.5 Å². The van der Waals surface area contributed by atoms with Gasteiger partial charge in [0.25, 0.3) is 0 Å². The number of pyridine rings is 1. The van der Waals surface area contributed by atoms with Gasteiger partial charge in [0.05, 0.1) is 31.6 Å². The van der Waals surface area contributed by atoms with Gasteiger partial charge in [0.2, 0.25) is 11.9 Å². The average Bonchev–Trinajstić information content (AvgIpc) is 3.29. The summed E-state index contributed by atoms with van der Waals surface area (Å²) in [6.07, 6.45) is 4.90. The highest BCUT2D eigenvalue weighted by atomic mass is 16.3. The van der Waals surface area contributed by atoms with Crippen LogP contribution in [0.2, 0.25) is 0 Å². The molecular weight excluding hydrogens is 422 g/mol. The molecule has 0 bridgehead atoms. The number of rotatable bonds is 10. The summed E-state index contributed by atoms with van der Waals surface area (Å²) in [6, 6.07) is 11.3. The van der Waals surface area contributed by atoms with Crippen LogP contribution in [-0.4, -0.2) is 65.2 Å². The number of nitrogens with zero attached hydrogens (tertiary/aromatic N) is 5. The molecule has 0 fully saturated rings. The van der Waals surface area contributed by atoms with Crippen LogP contribution in [0.3, 0.4) is 0 Å². The van der Waals surface area contributed by atoms with Crippen molar-refractivity contribution in [3.05, 3.63) is 66.1 Å². The number of anilines is 2. The molecule has 3 aromatic heterocycles. The van der Waals surface area contributed by atoms with Crippen molar-refractivity contribution < 1.29 is 15.3 Å². The predicted molar refractivity (Wildman–Crippen MR) is 125 cm³/mol. The highest BCUT2D eigenvalue weighted by molar-refractivity contribution is 5.62. The second-order valence-electron chi connectivity index (χ2n) is 7.61. The number of fused-ring (bicyclic) bond motifs is 1. The van der Waals surface area contributed by atoms with E-state index in [1.807, 2.05) is 49.5 Å². The molecule has 10 nitrogen and oxygen atoms in total. The third kappa shape index (κ3) is 5.08. The van der Waals surface area contributed by atoms with Crippen LogP contribution in [0.5, 0.6) is 0 Å². The van der Waals surface area contributed by atoms with Gasteiger partial charge >= 0.3 is 0 Å². The molecule has 2 atom stereocenters. The summed E-state index contributed by atoms with van der Waals surface area (Å²) in [5.74, 6) is 0.687. The lowest BCUT2D eigenvalue weighted by atomic mass is 10.1. The van der Waals surface area contributed by atoms with Gasteiger partial charge in [-0.05, 0) is 29.2 Å². The van der Waals surface area contributed by atoms with Crippen molar-refractivity contribution in [2.75, 3.05) is 23.8 Å². The molecule has 4 aromatic rings. The van der Waals surface area contributed by atoms with Crippen LogP contribution in [0.15, 0.2) is 55.0 Å². The minimum Gasteiger partial charge on any atom is -0.394 e. The Morgan fingerprint density at radius 1 is 1.00 bits per heavy atom. The number of nitrogens with one attached hydrogen (secondary N) is 2. The summed E-state index contributed by atoms with van der Waals surface area (Å²) in [5, 5.41) is 39.3. The summed E-state index contributed by atoms with van der Waals surface area (Å²) in [6.45, 7) is 1.63. The predicted octanol–water partition coefficient (Wildman–Crippen LogP) is 1.49. The van der Waals surface area contributed by atoms with Crippen molar-refractivity contribution >= 4 is 17.5 Å². The fourth-order valence-electron chi connectivity index (χ4n) is 3.44. The van der Waals surface area contributed by atoms with Crippen molar-refractivity contribution in [1.29, 1.82) is 0 Å². The molecule has 0 saturated carbocycles. The topological polar surface area (TPSA) is 141 Å². The van der Waals surface area contributed by atoms with E-state index in [0.29, 0.717) is 18.1 Å². The van der Waals surface area contributed by atoms with Gasteiger partial charge in [0.1, 0.15) is 0 Å². The van der Waals surface area contributed by atoms with Gasteiger partial charge in [-0.2, -0.15) is 19.6 Å². The van der Waals surface area contributed by atoms with Crippen molar-refractivity contribution in [3.8, 4) is 11.1 Å². The number of aryl methyl sites for hydroxylation is 1. The fourth-order valence-corrected chi connectivity index (χ4v) is 3.44. The summed E-state index contributed by atoms with van der Waals surface area (Å²) in [4.78, 5) is 13.1. The first kappa shape index (κ1) is 22.6. The molecule has 1 aromatic carbocycles. The van der Waals surface area contributed by atoms with Crippen molar-refractivity contribution in [2.24, 2.45) is 0 Å². The number of aliphatic hydroxyl groups is 3. The van der Waals surface area contributed by atoms with Crippen LogP contribution < -0.4 is 10.6 Å². The Balaban J connectivity index is 1.57. The average molecular weight is 450 g/mol. The first-order valence-corrected chi connectivity index (χ1v) is 10.8. The van der Waals surface area contributed by atoms with Gasteiger partial charge < -0.3 is 26.0 Å². The monoisotopic (exact) mass is 449 g/mol. The smallest absolute Gasteiger partial charge is 0.229 e. The van der Waals surface area contributed by atoms with Gasteiger partial charge in [-0.3, -0.25) is 4.98 Å². The first-order valence-electron chi connectivity index (χ1n) is 10.8. The molecule has 10 heteroatoms. The molecule has 0 aliphatic rings. The molecular formula is C23H27N7O3. The molecule has 33 heavy (non-hydrogen) atoms. The van der Waals surface area contributed by atoms with E-state index in [1.54, 1.807) is 16.9 Å². The van der Waals surface area contributed by atoms with E-state index in [9.17, 15) is 15.3 Å². The molecule has 3 heterocycles. The van der Waals surface area contributed by atoms with Gasteiger partial charge in [-0.1, -0.05) is 37.3 Å². The van der Waals surface area contributed by atoms with Crippen LogP contribution >= 0.6 is 0 Å². The SMILES string of the molecule is CCc1cnn2c(NCc3ccc(-c4cccnc4)cc3)nc(N[C@@H](CO)[C@@H](O)CO)nc12. The van der Waals surface area contributed by atoms with Crippen LogP contribution in [0, 0.1) is 0 Å². The Bertz CT molecular complexity index is 1180. The third-order valence-electron chi connectivity index (χ3n) is 5.38. The van der Waals surface area contributed by atoms with Crippen LogP contribution in [0.4, 0.5) is 11.9 Å². The van der Waals surface area contributed by atoms with Crippen LogP contribution in [-0.2, 0) is 13.0 Å². The fraction of sp³-hybridized carbons (Fsp3) is 0.304. The van der Waals surface area contributed by atoms with E-state index >= 15 is 0 Å². The normalized spacial score (nSPS) is 13.1. The minimum absolute atomic E-state index is 0.221. The molecule has 0 spiro atoms. The molecule has 4 rings (SSSR count). The van der Waals surface area contributed by atoms with E-state index in [-0.39, 0.29) is 12.6 Å². The molecule has 5 N–H and O–H groups in total. The number of benzene rings is 1. The molecule has 0 radical (unpaired) electrons. The first-order chi connectivity index (χ1) is 16.1. The van der Waals surface area contributed by atoms with Crippen molar-refractivity contribution in [3.63, 3.8) is 0 Å². The van der Waals surface area contributed by atoms with Gasteiger partial charge in [-0.15, -0.1) is 0 Å². The van der Waals surface area contributed by atoms with E-state index in [1.165, 1.54) is 0 Å². The maximum absolute atomic E-state index is 9.91. The summed E-state index contributed by atoms with van der Waals surface area (Å²) >= 11 is 0. The van der Waals surface area contributed by atoms with E-state index < -0.39 is 18.8 Å². The van der Waals surface area contributed by atoms with Crippen molar-refractivity contribution in [2.45, 2.75) is 32.0 Å². The van der Waals surface area contributed by atoms with Gasteiger partial charge in [0.15, 0.2) is 5.65 Å². The number of hydrogen-bond donors (Lipinski definition) is 5. The zero-order valence-corrected chi connectivity index (χ0v) is 18.3. The van der Waals surface area contributed by atoms with Crippen molar-refractivity contribution in [1.82, 2.24) is 24.6 Å². The number of aromatic nitrogens is 5. The maximum Gasteiger partial charge on any atom is 0.229 e. The standard InChI is InChI=1S/C23H27N7O3/c1-2-16-12-26-30-21(16)28-22(27-19(13-31)20(33)14-32)29-23(30)25-10-15-5-7-17(8-6-15)18-4-3-9-24-11-18/h3-9,11-12,19-20,31-33H,2,10,13-14H2,1H3,(H2,25,27,28,29)/t19-,20-/m0/s1. The highest BCUT2D eigenvalue weighted by Gasteiger charge is 2.20. The molecule has 0 amide bonds. The molecule has 0 aliphatic carbocycles. The zero-order chi connectivity index (χ0) is 23.2. The molecule has 0 aliphatic heterocycles. The summed E-state index contributed by atoms with van der Waals surface area (Å²) < 4.78 is 1.63. The number of hydrogen-bond acceptors (Lipinski definition) is 9. The maximum atomic E-state index is 9.91. The molecule has 172 valence electrons. The lowest BCUT2D eigenvalue weighted by molar-refractivity contribution is 0.0610. The lowest BCUT2D eigenvalue weighted by Gasteiger charge is -2.21. The van der Waals surface area contributed by atoms with Crippen LogP contribution in [0.1, 0.15) is 18.1 Å². The minimum atomic E-state index is -1.15. The Morgan fingerprint density at radius 3 is 2.48 bits per heavy atom. The largest absolute Gasteiger partial charge is 0.394 e. The van der Waals surface area contributed by atoms with Crippen LogP contribution in [0.25, 0.3) is 16.8 Å². The Labute approximate surface area is 191 Å². The summed E-state index contributed by atoms with van der Waals surface area (Å²) in [5.41, 5.74) is 4.75. The number of aliphatic hydroxyl groups excluding tert-OH is 3. The Kier molecular flexibility index (Phi) is 7.08. The highest BCUT2D eigenvalue weighted by Crippen LogP contribution is 2.20. The molecule has 0 unspecified atom stereocenters. The third-order valence-corrected chi connectivity index (χ3v) is 5.38. The molecule has 0 saturated heterocycles. The zero-order valence-electron chi connectivity index (χ0n) is 18.3.